The second-order valence-corrected chi connectivity index (χ2v) is 8.54. The number of carboxylic acids is 1. The lowest BCUT2D eigenvalue weighted by Crippen LogP contribution is -2.54. The van der Waals surface area contributed by atoms with Gasteiger partial charge in [0.15, 0.2) is 0 Å². The van der Waals surface area contributed by atoms with Gasteiger partial charge in [-0.2, -0.15) is 0 Å². The average molecular weight is 442 g/mol. The minimum Gasteiger partial charge on any atom is -0.480 e. The van der Waals surface area contributed by atoms with Gasteiger partial charge in [0.25, 0.3) is 0 Å². The fraction of sp³-hybridized carbons (Fsp3) is 0.750. The molecule has 1 aliphatic rings. The molecule has 176 valence electrons. The molecule has 31 heavy (non-hydrogen) atoms. The van der Waals surface area contributed by atoms with Crippen LogP contribution in [0.5, 0.6) is 0 Å². The lowest BCUT2D eigenvalue weighted by atomic mass is 10.0. The molecule has 4 amide bonds. The summed E-state index contributed by atoms with van der Waals surface area (Å²) >= 11 is 0. The maximum atomic E-state index is 12.6. The van der Waals surface area contributed by atoms with Crippen molar-refractivity contribution >= 4 is 29.6 Å². The number of carbonyl (C=O) groups is 5. The number of rotatable bonds is 11. The van der Waals surface area contributed by atoms with Crippen molar-refractivity contribution in [3.8, 4) is 0 Å². The van der Waals surface area contributed by atoms with E-state index in [1.54, 1.807) is 13.8 Å². The molecule has 0 aliphatic carbocycles. The van der Waals surface area contributed by atoms with Crippen LogP contribution >= 0.6 is 0 Å². The monoisotopic (exact) mass is 441 g/mol. The molecule has 0 aromatic rings. The van der Waals surface area contributed by atoms with Gasteiger partial charge in [-0.15, -0.1) is 0 Å². The summed E-state index contributed by atoms with van der Waals surface area (Å²) in [4.78, 5) is 61.6. The average Bonchev–Trinajstić information content (AvgIpc) is 3.16. The number of amides is 4. The molecule has 11 heteroatoms. The minimum atomic E-state index is -1.20. The maximum absolute atomic E-state index is 12.6. The third-order valence-corrected chi connectivity index (χ3v) is 4.98. The molecule has 3 atom stereocenters. The first-order chi connectivity index (χ1) is 14.4. The Hall–Kier alpha value is -2.69. The Morgan fingerprint density at radius 1 is 1.06 bits per heavy atom. The van der Waals surface area contributed by atoms with Crippen LogP contribution in [0.4, 0.5) is 0 Å². The standard InChI is InChI=1S/C20H35N5O6/c1-11(2)8-13(21)20(31)25-7-5-6-14(25)18(29)22-9-15(26)24-17(12(3)4)19(30)23-10-16(27)28/h11-14,17H,5-10,21H2,1-4H3,(H,22,29)(H,23,30)(H,24,26)(H,27,28). The van der Waals surface area contributed by atoms with Crippen molar-refractivity contribution in [2.75, 3.05) is 19.6 Å². The van der Waals surface area contributed by atoms with E-state index >= 15 is 0 Å². The fourth-order valence-corrected chi connectivity index (χ4v) is 3.44. The predicted octanol–water partition coefficient (Wildman–Crippen LogP) is -1.19. The summed E-state index contributed by atoms with van der Waals surface area (Å²) < 4.78 is 0. The Bertz CT molecular complexity index is 681. The Morgan fingerprint density at radius 2 is 1.71 bits per heavy atom. The highest BCUT2D eigenvalue weighted by Gasteiger charge is 2.36. The highest BCUT2D eigenvalue weighted by atomic mass is 16.4. The van der Waals surface area contributed by atoms with Crippen molar-refractivity contribution in [2.45, 2.75) is 65.1 Å². The van der Waals surface area contributed by atoms with E-state index in [-0.39, 0.29) is 24.3 Å². The van der Waals surface area contributed by atoms with Gasteiger partial charge >= 0.3 is 5.97 Å². The molecule has 1 saturated heterocycles. The van der Waals surface area contributed by atoms with E-state index in [1.807, 2.05) is 13.8 Å². The molecule has 0 spiro atoms. The molecular weight excluding hydrogens is 406 g/mol. The van der Waals surface area contributed by atoms with Gasteiger partial charge in [0, 0.05) is 6.54 Å². The van der Waals surface area contributed by atoms with E-state index in [0.717, 1.165) is 0 Å². The summed E-state index contributed by atoms with van der Waals surface area (Å²) in [6.45, 7) is 6.84. The summed E-state index contributed by atoms with van der Waals surface area (Å²) in [5.41, 5.74) is 5.98. The van der Waals surface area contributed by atoms with E-state index in [0.29, 0.717) is 25.8 Å². The lowest BCUT2D eigenvalue weighted by molar-refractivity contribution is -0.140. The molecule has 1 aliphatic heterocycles. The number of nitrogens with one attached hydrogen (secondary N) is 3. The molecule has 6 N–H and O–H groups in total. The molecule has 1 heterocycles. The largest absolute Gasteiger partial charge is 0.480 e. The van der Waals surface area contributed by atoms with Crippen molar-refractivity contribution in [3.63, 3.8) is 0 Å². The van der Waals surface area contributed by atoms with Crippen molar-refractivity contribution in [2.24, 2.45) is 17.6 Å². The third-order valence-electron chi connectivity index (χ3n) is 4.98. The van der Waals surface area contributed by atoms with Crippen molar-refractivity contribution in [3.05, 3.63) is 0 Å². The van der Waals surface area contributed by atoms with Crippen LogP contribution in [-0.2, 0) is 24.0 Å². The van der Waals surface area contributed by atoms with E-state index in [4.69, 9.17) is 10.8 Å². The number of carboxylic acid groups (broad SMARTS) is 1. The summed E-state index contributed by atoms with van der Waals surface area (Å²) in [5.74, 6) is -3.18. The molecule has 1 fully saturated rings. The molecular formula is C20H35N5O6. The van der Waals surface area contributed by atoms with Gasteiger partial charge in [-0.3, -0.25) is 24.0 Å². The first-order valence-electron chi connectivity index (χ1n) is 10.6. The van der Waals surface area contributed by atoms with Crippen molar-refractivity contribution in [1.29, 1.82) is 0 Å². The van der Waals surface area contributed by atoms with E-state index in [9.17, 15) is 24.0 Å². The lowest BCUT2D eigenvalue weighted by Gasteiger charge is -2.27. The van der Waals surface area contributed by atoms with Gasteiger partial charge in [-0.1, -0.05) is 27.7 Å². The summed E-state index contributed by atoms with van der Waals surface area (Å²) in [7, 11) is 0. The third kappa shape index (κ3) is 8.52. The zero-order chi connectivity index (χ0) is 23.7. The van der Waals surface area contributed by atoms with Gasteiger partial charge in [0.2, 0.25) is 23.6 Å². The Balaban J connectivity index is 2.61. The van der Waals surface area contributed by atoms with Crippen LogP contribution in [0.25, 0.3) is 0 Å². The van der Waals surface area contributed by atoms with Crippen LogP contribution in [0, 0.1) is 11.8 Å². The SMILES string of the molecule is CC(C)CC(N)C(=O)N1CCCC1C(=O)NCC(=O)NC(C(=O)NCC(=O)O)C(C)C. The van der Waals surface area contributed by atoms with Gasteiger partial charge < -0.3 is 31.7 Å². The zero-order valence-electron chi connectivity index (χ0n) is 18.6. The van der Waals surface area contributed by atoms with Crippen LogP contribution in [0.15, 0.2) is 0 Å². The number of aliphatic carboxylic acids is 1. The molecule has 0 aromatic carbocycles. The highest BCUT2D eigenvalue weighted by molar-refractivity contribution is 5.94. The molecule has 3 unspecified atom stereocenters. The Morgan fingerprint density at radius 3 is 2.26 bits per heavy atom. The summed E-state index contributed by atoms with van der Waals surface area (Å²) in [6, 6.07) is -2.30. The van der Waals surface area contributed by atoms with Gasteiger partial charge in [-0.25, -0.2) is 0 Å². The topological polar surface area (TPSA) is 171 Å². The van der Waals surface area contributed by atoms with Crippen LogP contribution in [0.3, 0.4) is 0 Å². The van der Waals surface area contributed by atoms with Crippen LogP contribution in [0.1, 0.15) is 47.0 Å². The van der Waals surface area contributed by atoms with E-state index in [1.165, 1.54) is 4.90 Å². The molecule has 1 rings (SSSR count). The van der Waals surface area contributed by atoms with Gasteiger partial charge in [0.1, 0.15) is 18.6 Å². The maximum Gasteiger partial charge on any atom is 0.322 e. The quantitative estimate of drug-likeness (QED) is 0.268. The van der Waals surface area contributed by atoms with Crippen molar-refractivity contribution in [1.82, 2.24) is 20.9 Å². The molecule has 0 bridgehead atoms. The number of likely N-dealkylation sites (tertiary alicyclic amines) is 1. The molecule has 0 radical (unpaired) electrons. The predicted molar refractivity (Wildman–Crippen MR) is 113 cm³/mol. The van der Waals surface area contributed by atoms with Gasteiger partial charge in [-0.05, 0) is 31.1 Å². The first kappa shape index (κ1) is 26.3. The van der Waals surface area contributed by atoms with E-state index in [2.05, 4.69) is 16.0 Å². The fourth-order valence-electron chi connectivity index (χ4n) is 3.44. The van der Waals surface area contributed by atoms with Crippen LogP contribution in [0.2, 0.25) is 0 Å². The van der Waals surface area contributed by atoms with Crippen LogP contribution < -0.4 is 21.7 Å². The number of nitrogens with two attached hydrogens (primary N) is 1. The number of nitrogens with zero attached hydrogens (tertiary/aromatic N) is 1. The second-order valence-electron chi connectivity index (χ2n) is 8.54. The molecule has 11 nitrogen and oxygen atoms in total. The molecule has 0 saturated carbocycles. The number of hydrogen-bond donors (Lipinski definition) is 5. The Labute approximate surface area is 182 Å². The first-order valence-corrected chi connectivity index (χ1v) is 10.6. The summed E-state index contributed by atoms with van der Waals surface area (Å²) in [5, 5.41) is 15.9. The zero-order valence-corrected chi connectivity index (χ0v) is 18.6. The smallest absolute Gasteiger partial charge is 0.322 e. The van der Waals surface area contributed by atoms with Gasteiger partial charge in [0.05, 0.1) is 12.6 Å². The van der Waals surface area contributed by atoms with E-state index < -0.39 is 48.4 Å². The molecule has 0 aromatic heterocycles. The Kier molecular flexibility index (Phi) is 10.4. The minimum absolute atomic E-state index is 0.249. The second kappa shape index (κ2) is 12.2. The van der Waals surface area contributed by atoms with Crippen LogP contribution in [-0.4, -0.2) is 77.4 Å². The van der Waals surface area contributed by atoms with Crippen molar-refractivity contribution < 1.29 is 29.1 Å². The summed E-state index contributed by atoms with van der Waals surface area (Å²) in [6.07, 6.45) is 1.68. The number of carbonyl (C=O) groups excluding carboxylic acids is 4. The number of hydrogen-bond acceptors (Lipinski definition) is 6. The highest BCUT2D eigenvalue weighted by Crippen LogP contribution is 2.19. The normalized spacial score (nSPS) is 17.9.